The van der Waals surface area contributed by atoms with E-state index in [4.69, 9.17) is 4.74 Å². The Labute approximate surface area is 162 Å². The number of nitrogens with zero attached hydrogens (tertiary/aromatic N) is 1. The second-order valence-electron chi connectivity index (χ2n) is 6.56. The number of ether oxygens (including phenoxy) is 1. The summed E-state index contributed by atoms with van der Waals surface area (Å²) in [5, 5.41) is 3.72. The first kappa shape index (κ1) is 19.0. The molecule has 0 unspecified atom stereocenters. The number of carbonyl (C=O) groups excluding carboxylic acids is 2. The molecule has 2 aromatic carbocycles. The molecule has 0 aliphatic heterocycles. The summed E-state index contributed by atoms with van der Waals surface area (Å²) in [6, 6.07) is 11.9. The Hall–Kier alpha value is -2.73. The lowest BCUT2D eigenvalue weighted by Gasteiger charge is -2.13. The van der Waals surface area contributed by atoms with Crippen LogP contribution in [0.2, 0.25) is 0 Å². The van der Waals surface area contributed by atoms with Crippen LogP contribution in [0.5, 0.6) is 0 Å². The molecule has 0 spiro atoms. The van der Waals surface area contributed by atoms with Crippen LogP contribution in [0.15, 0.2) is 36.4 Å². The van der Waals surface area contributed by atoms with Crippen molar-refractivity contribution >= 4 is 39.1 Å². The van der Waals surface area contributed by atoms with E-state index in [-0.39, 0.29) is 18.9 Å². The number of thiazole rings is 1. The molecule has 0 saturated heterocycles. The maximum Gasteiger partial charge on any atom is 0.306 e. The van der Waals surface area contributed by atoms with E-state index in [1.165, 1.54) is 0 Å². The zero-order valence-corrected chi connectivity index (χ0v) is 16.5. The number of para-hydroxylation sites is 1. The topological polar surface area (TPSA) is 68.3 Å². The first-order valence-electron chi connectivity index (χ1n) is 8.80. The molecule has 1 amide bonds. The third kappa shape index (κ3) is 4.92. The zero-order valence-electron chi connectivity index (χ0n) is 15.7. The number of aryl methyl sites for hydroxylation is 4. The fourth-order valence-electron chi connectivity index (χ4n) is 3.01. The zero-order chi connectivity index (χ0) is 19.4. The van der Waals surface area contributed by atoms with Crippen molar-refractivity contribution in [2.24, 2.45) is 0 Å². The Bertz CT molecular complexity index is 938. The predicted molar refractivity (Wildman–Crippen MR) is 108 cm³/mol. The van der Waals surface area contributed by atoms with Gasteiger partial charge in [0, 0.05) is 12.1 Å². The van der Waals surface area contributed by atoms with Gasteiger partial charge in [-0.05, 0) is 44.0 Å². The molecule has 0 bridgehead atoms. The van der Waals surface area contributed by atoms with Gasteiger partial charge in [-0.25, -0.2) is 4.98 Å². The molecule has 1 aromatic heterocycles. The standard InChI is InChI=1S/C21H22N2O3S/c1-13-10-14(2)21(15(3)11-13)23-18(24)12-26-20(25)9-8-19-22-16-6-4-5-7-17(16)27-19/h4-7,10-11H,8-9,12H2,1-3H3,(H,23,24). The third-order valence-electron chi connectivity index (χ3n) is 4.19. The van der Waals surface area contributed by atoms with Gasteiger partial charge in [-0.3, -0.25) is 9.59 Å². The lowest BCUT2D eigenvalue weighted by molar-refractivity contribution is -0.147. The minimum atomic E-state index is -0.401. The van der Waals surface area contributed by atoms with Crippen molar-refractivity contribution in [2.75, 3.05) is 11.9 Å². The summed E-state index contributed by atoms with van der Waals surface area (Å²) in [6.07, 6.45) is 0.714. The van der Waals surface area contributed by atoms with Crippen molar-refractivity contribution in [3.05, 3.63) is 58.1 Å². The molecule has 1 heterocycles. The molecule has 27 heavy (non-hydrogen) atoms. The first-order valence-corrected chi connectivity index (χ1v) is 9.62. The Balaban J connectivity index is 1.48. The smallest absolute Gasteiger partial charge is 0.306 e. The van der Waals surface area contributed by atoms with Crippen LogP contribution in [0.1, 0.15) is 28.1 Å². The Morgan fingerprint density at radius 1 is 1.11 bits per heavy atom. The van der Waals surface area contributed by atoms with Gasteiger partial charge < -0.3 is 10.1 Å². The van der Waals surface area contributed by atoms with Crippen LogP contribution in [-0.2, 0) is 20.7 Å². The van der Waals surface area contributed by atoms with Crippen LogP contribution < -0.4 is 5.32 Å². The van der Waals surface area contributed by atoms with E-state index in [2.05, 4.69) is 10.3 Å². The fourth-order valence-corrected chi connectivity index (χ4v) is 3.97. The summed E-state index contributed by atoms with van der Waals surface area (Å²) in [7, 11) is 0. The molecule has 140 valence electrons. The minimum absolute atomic E-state index is 0.204. The van der Waals surface area contributed by atoms with Gasteiger partial charge in [0.1, 0.15) is 0 Å². The molecule has 5 nitrogen and oxygen atoms in total. The van der Waals surface area contributed by atoms with Crippen molar-refractivity contribution in [1.82, 2.24) is 4.98 Å². The van der Waals surface area contributed by atoms with Crippen molar-refractivity contribution < 1.29 is 14.3 Å². The molecule has 0 saturated carbocycles. The Kier molecular flexibility index (Phi) is 5.86. The number of amides is 1. The van der Waals surface area contributed by atoms with E-state index in [0.717, 1.165) is 37.6 Å². The molecular formula is C21H22N2O3S. The van der Waals surface area contributed by atoms with Crippen LogP contribution in [-0.4, -0.2) is 23.5 Å². The summed E-state index contributed by atoms with van der Waals surface area (Å²) >= 11 is 1.57. The van der Waals surface area contributed by atoms with E-state index in [1.807, 2.05) is 57.2 Å². The monoisotopic (exact) mass is 382 g/mol. The van der Waals surface area contributed by atoms with Crippen LogP contribution in [0, 0.1) is 20.8 Å². The van der Waals surface area contributed by atoms with E-state index in [0.29, 0.717) is 6.42 Å². The lowest BCUT2D eigenvalue weighted by atomic mass is 10.1. The van der Waals surface area contributed by atoms with Gasteiger partial charge in [0.25, 0.3) is 5.91 Å². The van der Waals surface area contributed by atoms with Gasteiger partial charge in [-0.15, -0.1) is 11.3 Å². The number of nitrogens with one attached hydrogen (secondary N) is 1. The third-order valence-corrected chi connectivity index (χ3v) is 5.28. The molecule has 0 radical (unpaired) electrons. The summed E-state index contributed by atoms with van der Waals surface area (Å²) in [5.74, 6) is -0.736. The minimum Gasteiger partial charge on any atom is -0.456 e. The Morgan fingerprint density at radius 3 is 2.52 bits per heavy atom. The average molecular weight is 382 g/mol. The van der Waals surface area contributed by atoms with Crippen LogP contribution in [0.3, 0.4) is 0 Å². The molecule has 1 N–H and O–H groups in total. The molecule has 0 fully saturated rings. The van der Waals surface area contributed by atoms with Gasteiger partial charge in [-0.2, -0.15) is 0 Å². The fraction of sp³-hybridized carbons (Fsp3) is 0.286. The van der Waals surface area contributed by atoms with E-state index >= 15 is 0 Å². The molecule has 0 atom stereocenters. The van der Waals surface area contributed by atoms with Crippen LogP contribution in [0.4, 0.5) is 5.69 Å². The SMILES string of the molecule is Cc1cc(C)c(NC(=O)COC(=O)CCc2nc3ccccc3s2)c(C)c1. The van der Waals surface area contributed by atoms with E-state index in [9.17, 15) is 9.59 Å². The summed E-state index contributed by atoms with van der Waals surface area (Å²) in [4.78, 5) is 28.5. The molecule has 0 aliphatic carbocycles. The highest BCUT2D eigenvalue weighted by molar-refractivity contribution is 7.18. The molecule has 0 aliphatic rings. The van der Waals surface area contributed by atoms with Crippen molar-refractivity contribution in [2.45, 2.75) is 33.6 Å². The lowest BCUT2D eigenvalue weighted by Crippen LogP contribution is -2.22. The second-order valence-corrected chi connectivity index (χ2v) is 7.67. The first-order chi connectivity index (χ1) is 12.9. The van der Waals surface area contributed by atoms with Crippen molar-refractivity contribution in [3.8, 4) is 0 Å². The highest BCUT2D eigenvalue weighted by Crippen LogP contribution is 2.23. The number of carbonyl (C=O) groups is 2. The summed E-state index contributed by atoms with van der Waals surface area (Å²) in [5.41, 5.74) is 4.83. The van der Waals surface area contributed by atoms with Crippen LogP contribution >= 0.6 is 11.3 Å². The second kappa shape index (κ2) is 8.31. The van der Waals surface area contributed by atoms with Gasteiger partial charge in [0.05, 0.1) is 21.6 Å². The quantitative estimate of drug-likeness (QED) is 0.644. The summed E-state index contributed by atoms with van der Waals surface area (Å²) in [6.45, 7) is 5.61. The number of rotatable bonds is 6. The predicted octanol–water partition coefficient (Wildman–Crippen LogP) is 4.34. The van der Waals surface area contributed by atoms with E-state index in [1.54, 1.807) is 11.3 Å². The van der Waals surface area contributed by atoms with Gasteiger partial charge in [0.15, 0.2) is 6.61 Å². The Morgan fingerprint density at radius 2 is 1.81 bits per heavy atom. The average Bonchev–Trinajstić information content (AvgIpc) is 3.04. The van der Waals surface area contributed by atoms with Crippen LogP contribution in [0.25, 0.3) is 10.2 Å². The number of anilines is 1. The van der Waals surface area contributed by atoms with E-state index < -0.39 is 5.97 Å². The number of fused-ring (bicyclic) bond motifs is 1. The van der Waals surface area contributed by atoms with Gasteiger partial charge in [0.2, 0.25) is 0 Å². The molecular weight excluding hydrogens is 360 g/mol. The van der Waals surface area contributed by atoms with Crippen molar-refractivity contribution in [1.29, 1.82) is 0 Å². The summed E-state index contributed by atoms with van der Waals surface area (Å²) < 4.78 is 6.20. The molecule has 3 aromatic rings. The maximum absolute atomic E-state index is 12.1. The van der Waals surface area contributed by atoms with Gasteiger partial charge >= 0.3 is 5.97 Å². The highest BCUT2D eigenvalue weighted by atomic mass is 32.1. The molecule has 6 heteroatoms. The number of hydrogen-bond donors (Lipinski definition) is 1. The number of benzene rings is 2. The number of hydrogen-bond acceptors (Lipinski definition) is 5. The largest absolute Gasteiger partial charge is 0.456 e. The highest BCUT2D eigenvalue weighted by Gasteiger charge is 2.12. The van der Waals surface area contributed by atoms with Crippen molar-refractivity contribution in [3.63, 3.8) is 0 Å². The number of aromatic nitrogens is 1. The molecule has 3 rings (SSSR count). The normalized spacial score (nSPS) is 10.8. The number of esters is 1. The maximum atomic E-state index is 12.1. The van der Waals surface area contributed by atoms with Gasteiger partial charge in [-0.1, -0.05) is 29.8 Å².